The van der Waals surface area contributed by atoms with Crippen LogP contribution in [-0.4, -0.2) is 16.8 Å². The largest absolute Gasteiger partial charge is 0.508 e. The van der Waals surface area contributed by atoms with Crippen LogP contribution in [0.1, 0.15) is 18.0 Å². The molecule has 12 heavy (non-hydrogen) atoms. The molecule has 0 bridgehead atoms. The fourth-order valence-corrected chi connectivity index (χ4v) is 1.39. The summed E-state index contributed by atoms with van der Waals surface area (Å²) in [4.78, 5) is 0. The van der Waals surface area contributed by atoms with Gasteiger partial charge in [0, 0.05) is 12.1 Å². The summed E-state index contributed by atoms with van der Waals surface area (Å²) >= 11 is 0. The van der Waals surface area contributed by atoms with Gasteiger partial charge in [0.25, 0.3) is 0 Å². The Bertz CT molecular complexity index is 274. The predicted octanol–water partition coefficient (Wildman–Crippen LogP) is 1.13. The standard InChI is InChI=1S/C9H11NO2/c11-7-3-6(4-8(12)5-7)9-1-2-10-9/h3-5,9-12H,1-2H2/t9-/m1/s1. The normalized spacial score (nSPS) is 21.8. The molecule has 3 heteroatoms. The summed E-state index contributed by atoms with van der Waals surface area (Å²) in [5.74, 6) is 0.248. The molecule has 2 rings (SSSR count). The van der Waals surface area contributed by atoms with Gasteiger partial charge in [-0.2, -0.15) is 0 Å². The van der Waals surface area contributed by atoms with Gasteiger partial charge < -0.3 is 15.5 Å². The summed E-state index contributed by atoms with van der Waals surface area (Å²) in [5.41, 5.74) is 0.957. The van der Waals surface area contributed by atoms with E-state index in [-0.39, 0.29) is 11.5 Å². The van der Waals surface area contributed by atoms with Gasteiger partial charge >= 0.3 is 0 Å². The minimum absolute atomic E-state index is 0.124. The minimum atomic E-state index is 0.124. The molecule has 64 valence electrons. The highest BCUT2D eigenvalue weighted by atomic mass is 16.3. The molecular formula is C9H11NO2. The van der Waals surface area contributed by atoms with E-state index >= 15 is 0 Å². The van der Waals surface area contributed by atoms with E-state index in [2.05, 4.69) is 5.32 Å². The van der Waals surface area contributed by atoms with Crippen molar-refractivity contribution < 1.29 is 10.2 Å². The number of benzene rings is 1. The Balaban J connectivity index is 2.30. The number of rotatable bonds is 1. The average Bonchev–Trinajstić information content (AvgIpc) is 1.79. The fourth-order valence-electron chi connectivity index (χ4n) is 1.39. The second-order valence-corrected chi connectivity index (χ2v) is 3.08. The Hall–Kier alpha value is -1.22. The topological polar surface area (TPSA) is 52.5 Å². The molecule has 1 aromatic rings. The van der Waals surface area contributed by atoms with Crippen molar-refractivity contribution in [2.75, 3.05) is 6.54 Å². The summed E-state index contributed by atoms with van der Waals surface area (Å²) in [6.45, 7) is 1.01. The Morgan fingerprint density at radius 2 is 1.75 bits per heavy atom. The Labute approximate surface area is 70.7 Å². The third-order valence-corrected chi connectivity index (χ3v) is 2.15. The number of hydrogen-bond acceptors (Lipinski definition) is 3. The fraction of sp³-hybridized carbons (Fsp3) is 0.333. The third-order valence-electron chi connectivity index (χ3n) is 2.15. The maximum Gasteiger partial charge on any atom is 0.119 e. The monoisotopic (exact) mass is 165 g/mol. The van der Waals surface area contributed by atoms with E-state index in [1.165, 1.54) is 6.07 Å². The molecule has 1 fully saturated rings. The molecule has 1 saturated heterocycles. The molecule has 0 radical (unpaired) electrons. The van der Waals surface area contributed by atoms with Crippen LogP contribution in [0.25, 0.3) is 0 Å². The van der Waals surface area contributed by atoms with Crippen LogP contribution in [0.5, 0.6) is 11.5 Å². The van der Waals surface area contributed by atoms with Crippen LogP contribution in [0.3, 0.4) is 0 Å². The second-order valence-electron chi connectivity index (χ2n) is 3.08. The Morgan fingerprint density at radius 3 is 2.17 bits per heavy atom. The van der Waals surface area contributed by atoms with Gasteiger partial charge in [0.15, 0.2) is 0 Å². The first-order chi connectivity index (χ1) is 5.75. The molecule has 1 aromatic carbocycles. The number of phenolic OH excluding ortho intramolecular Hbond substituents is 2. The second kappa shape index (κ2) is 2.68. The highest BCUT2D eigenvalue weighted by Crippen LogP contribution is 2.29. The Morgan fingerprint density at radius 1 is 1.17 bits per heavy atom. The van der Waals surface area contributed by atoms with Crippen LogP contribution in [-0.2, 0) is 0 Å². The zero-order valence-corrected chi connectivity index (χ0v) is 6.62. The lowest BCUT2D eigenvalue weighted by atomic mass is 9.98. The maximum atomic E-state index is 9.17. The van der Waals surface area contributed by atoms with E-state index in [0.717, 1.165) is 18.5 Å². The van der Waals surface area contributed by atoms with Crippen molar-refractivity contribution in [2.24, 2.45) is 0 Å². The molecule has 1 aliphatic rings. The van der Waals surface area contributed by atoms with Crippen LogP contribution >= 0.6 is 0 Å². The van der Waals surface area contributed by atoms with Crippen molar-refractivity contribution in [3.05, 3.63) is 23.8 Å². The van der Waals surface area contributed by atoms with Gasteiger partial charge in [-0.05, 0) is 30.7 Å². The molecule has 1 atom stereocenters. The molecule has 0 amide bonds. The van der Waals surface area contributed by atoms with Crippen LogP contribution in [0.15, 0.2) is 18.2 Å². The molecule has 0 unspecified atom stereocenters. The molecule has 0 spiro atoms. The number of nitrogens with one attached hydrogen (secondary N) is 1. The highest BCUT2D eigenvalue weighted by molar-refractivity contribution is 5.38. The van der Waals surface area contributed by atoms with E-state index in [9.17, 15) is 10.2 Å². The van der Waals surface area contributed by atoms with Gasteiger partial charge in [0.1, 0.15) is 11.5 Å². The van der Waals surface area contributed by atoms with Crippen molar-refractivity contribution in [3.63, 3.8) is 0 Å². The molecule has 1 aliphatic heterocycles. The van der Waals surface area contributed by atoms with Gasteiger partial charge in [0.05, 0.1) is 0 Å². The third kappa shape index (κ3) is 1.23. The molecule has 3 N–H and O–H groups in total. The summed E-state index contributed by atoms with van der Waals surface area (Å²) in [6.07, 6.45) is 1.07. The minimum Gasteiger partial charge on any atom is -0.508 e. The first kappa shape index (κ1) is 7.43. The van der Waals surface area contributed by atoms with E-state index in [1.54, 1.807) is 12.1 Å². The zero-order chi connectivity index (χ0) is 8.55. The number of phenols is 2. The van der Waals surface area contributed by atoms with Crippen molar-refractivity contribution in [1.82, 2.24) is 5.32 Å². The highest BCUT2D eigenvalue weighted by Gasteiger charge is 2.19. The van der Waals surface area contributed by atoms with E-state index in [1.807, 2.05) is 0 Å². The summed E-state index contributed by atoms with van der Waals surface area (Å²) in [5, 5.41) is 21.5. The first-order valence-electron chi connectivity index (χ1n) is 4.02. The zero-order valence-electron chi connectivity index (χ0n) is 6.62. The van der Waals surface area contributed by atoms with Crippen molar-refractivity contribution in [2.45, 2.75) is 12.5 Å². The van der Waals surface area contributed by atoms with Crippen LogP contribution in [0.2, 0.25) is 0 Å². The predicted molar refractivity (Wildman–Crippen MR) is 45.1 cm³/mol. The molecule has 0 aromatic heterocycles. The number of aromatic hydroxyl groups is 2. The van der Waals surface area contributed by atoms with Crippen LogP contribution in [0.4, 0.5) is 0 Å². The lowest BCUT2D eigenvalue weighted by Crippen LogP contribution is -2.34. The van der Waals surface area contributed by atoms with Crippen molar-refractivity contribution >= 4 is 0 Å². The van der Waals surface area contributed by atoms with Gasteiger partial charge in [-0.25, -0.2) is 0 Å². The molecule has 3 nitrogen and oxygen atoms in total. The van der Waals surface area contributed by atoms with E-state index in [4.69, 9.17) is 0 Å². The van der Waals surface area contributed by atoms with Gasteiger partial charge in [-0.1, -0.05) is 0 Å². The first-order valence-corrected chi connectivity index (χ1v) is 4.02. The van der Waals surface area contributed by atoms with Crippen molar-refractivity contribution in [3.8, 4) is 11.5 Å². The van der Waals surface area contributed by atoms with Gasteiger partial charge in [-0.3, -0.25) is 0 Å². The van der Waals surface area contributed by atoms with Crippen LogP contribution < -0.4 is 5.32 Å². The maximum absolute atomic E-state index is 9.17. The molecule has 1 heterocycles. The van der Waals surface area contributed by atoms with Gasteiger partial charge in [-0.15, -0.1) is 0 Å². The number of hydrogen-bond donors (Lipinski definition) is 3. The quantitative estimate of drug-likeness (QED) is 0.584. The van der Waals surface area contributed by atoms with Crippen molar-refractivity contribution in [1.29, 1.82) is 0 Å². The average molecular weight is 165 g/mol. The lowest BCUT2D eigenvalue weighted by Gasteiger charge is -2.28. The molecular weight excluding hydrogens is 154 g/mol. The SMILES string of the molecule is Oc1cc(O)cc([C@H]2CCN2)c1. The van der Waals surface area contributed by atoms with Gasteiger partial charge in [0.2, 0.25) is 0 Å². The molecule has 0 saturated carbocycles. The van der Waals surface area contributed by atoms with E-state index < -0.39 is 0 Å². The summed E-state index contributed by atoms with van der Waals surface area (Å²) in [6, 6.07) is 5.00. The van der Waals surface area contributed by atoms with Crippen LogP contribution in [0, 0.1) is 0 Å². The summed E-state index contributed by atoms with van der Waals surface area (Å²) < 4.78 is 0. The van der Waals surface area contributed by atoms with E-state index in [0.29, 0.717) is 6.04 Å². The Kier molecular flexibility index (Phi) is 1.66. The lowest BCUT2D eigenvalue weighted by molar-refractivity contribution is 0.377. The smallest absolute Gasteiger partial charge is 0.119 e. The summed E-state index contributed by atoms with van der Waals surface area (Å²) in [7, 11) is 0. The molecule has 0 aliphatic carbocycles.